The lowest BCUT2D eigenvalue weighted by Crippen LogP contribution is -2.09. The predicted octanol–water partition coefficient (Wildman–Crippen LogP) is 4.09. The van der Waals surface area contributed by atoms with Crippen LogP contribution in [0.15, 0.2) is 79.0 Å². The van der Waals surface area contributed by atoms with Crippen molar-refractivity contribution in [2.24, 2.45) is 0 Å². The third-order valence-electron chi connectivity index (χ3n) is 2.91. The van der Waals surface area contributed by atoms with Crippen LogP contribution < -0.4 is 9.47 Å². The van der Waals surface area contributed by atoms with Gasteiger partial charge in [-0.15, -0.1) is 0 Å². The molecule has 3 aromatic rings. The first kappa shape index (κ1) is 13.8. The first-order chi connectivity index (χ1) is 10.8. The highest BCUT2D eigenvalue weighted by atomic mass is 16.5. The Kier molecular flexibility index (Phi) is 4.11. The number of rotatable bonds is 4. The highest BCUT2D eigenvalue weighted by Gasteiger charge is 2.15. The Morgan fingerprint density at radius 1 is 0.818 bits per heavy atom. The minimum absolute atomic E-state index is 0.344. The molecule has 0 fully saturated rings. The second-order valence-corrected chi connectivity index (χ2v) is 4.47. The number of ether oxygens (including phenoxy) is 2. The molecule has 2 aromatic carbocycles. The second-order valence-electron chi connectivity index (χ2n) is 4.47. The lowest BCUT2D eigenvalue weighted by molar-refractivity contribution is 0.0732. The summed E-state index contributed by atoms with van der Waals surface area (Å²) in [6.45, 7) is 0. The third-order valence-corrected chi connectivity index (χ3v) is 2.91. The zero-order valence-electron chi connectivity index (χ0n) is 11.7. The molecule has 22 heavy (non-hydrogen) atoms. The maximum atomic E-state index is 12.3. The van der Waals surface area contributed by atoms with Crippen LogP contribution in [0.4, 0.5) is 0 Å². The van der Waals surface area contributed by atoms with Gasteiger partial charge in [0.2, 0.25) is 5.88 Å². The number of benzene rings is 2. The molecule has 0 unspecified atom stereocenters. The van der Waals surface area contributed by atoms with Gasteiger partial charge in [0.1, 0.15) is 17.1 Å². The monoisotopic (exact) mass is 291 g/mol. The molecule has 108 valence electrons. The van der Waals surface area contributed by atoms with E-state index in [9.17, 15) is 4.79 Å². The van der Waals surface area contributed by atoms with Gasteiger partial charge in [0.25, 0.3) is 0 Å². The van der Waals surface area contributed by atoms with Gasteiger partial charge < -0.3 is 9.47 Å². The van der Waals surface area contributed by atoms with Crippen molar-refractivity contribution in [2.45, 2.75) is 0 Å². The fraction of sp³-hybridized carbons (Fsp3) is 0. The molecule has 0 spiro atoms. The molecule has 0 saturated carbocycles. The molecule has 0 bridgehead atoms. The van der Waals surface area contributed by atoms with Crippen LogP contribution in [-0.2, 0) is 0 Å². The van der Waals surface area contributed by atoms with E-state index in [1.807, 2.05) is 12.1 Å². The van der Waals surface area contributed by atoms with Crippen molar-refractivity contribution in [3.05, 3.63) is 84.6 Å². The molecule has 0 aliphatic heterocycles. The molecule has 0 radical (unpaired) electrons. The Morgan fingerprint density at radius 3 is 2.32 bits per heavy atom. The first-order valence-electron chi connectivity index (χ1n) is 6.78. The van der Waals surface area contributed by atoms with E-state index in [4.69, 9.17) is 9.47 Å². The number of para-hydroxylation sites is 2. The minimum atomic E-state index is -0.474. The van der Waals surface area contributed by atoms with Crippen molar-refractivity contribution in [2.75, 3.05) is 0 Å². The summed E-state index contributed by atoms with van der Waals surface area (Å²) in [5.74, 6) is 0.836. The fourth-order valence-electron chi connectivity index (χ4n) is 1.89. The van der Waals surface area contributed by atoms with E-state index in [0.717, 1.165) is 0 Å². The highest BCUT2D eigenvalue weighted by Crippen LogP contribution is 2.25. The molecule has 0 amide bonds. The zero-order valence-corrected chi connectivity index (χ0v) is 11.7. The number of nitrogens with zero attached hydrogens (tertiary/aromatic N) is 1. The maximum absolute atomic E-state index is 12.3. The topological polar surface area (TPSA) is 48.4 Å². The zero-order chi connectivity index (χ0) is 15.2. The Labute approximate surface area is 128 Å². The molecule has 1 heterocycles. The van der Waals surface area contributed by atoms with E-state index < -0.39 is 5.97 Å². The number of carbonyl (C=O) groups excluding carboxylic acids is 1. The lowest BCUT2D eigenvalue weighted by atomic mass is 10.2. The van der Waals surface area contributed by atoms with Gasteiger partial charge in [-0.3, -0.25) is 0 Å². The average molecular weight is 291 g/mol. The SMILES string of the molecule is O=C(Oc1ccccc1)c1ccccc1Oc1ccccn1. The Balaban J connectivity index is 1.83. The summed E-state index contributed by atoms with van der Waals surface area (Å²) in [5.41, 5.74) is 0.344. The molecule has 0 aliphatic carbocycles. The first-order valence-corrected chi connectivity index (χ1v) is 6.78. The van der Waals surface area contributed by atoms with Crippen molar-refractivity contribution >= 4 is 5.97 Å². The van der Waals surface area contributed by atoms with Gasteiger partial charge in [0.05, 0.1) is 0 Å². The summed E-state index contributed by atoms with van der Waals surface area (Å²) in [5, 5.41) is 0. The molecule has 3 rings (SSSR count). The summed E-state index contributed by atoms with van der Waals surface area (Å²) in [6, 6.07) is 21.1. The van der Waals surface area contributed by atoms with E-state index in [-0.39, 0.29) is 0 Å². The van der Waals surface area contributed by atoms with Gasteiger partial charge in [-0.25, -0.2) is 9.78 Å². The van der Waals surface area contributed by atoms with E-state index >= 15 is 0 Å². The van der Waals surface area contributed by atoms with Crippen LogP contribution in [0.3, 0.4) is 0 Å². The second kappa shape index (κ2) is 6.54. The van der Waals surface area contributed by atoms with Crippen LogP contribution in [0.1, 0.15) is 10.4 Å². The van der Waals surface area contributed by atoms with Crippen LogP contribution in [0.2, 0.25) is 0 Å². The molecular formula is C18H13NO3. The number of aromatic nitrogens is 1. The van der Waals surface area contributed by atoms with Gasteiger partial charge in [-0.1, -0.05) is 36.4 Å². The lowest BCUT2D eigenvalue weighted by Gasteiger charge is -2.10. The average Bonchev–Trinajstić information content (AvgIpc) is 2.57. The Bertz CT molecular complexity index is 758. The van der Waals surface area contributed by atoms with Crippen molar-refractivity contribution in [3.8, 4) is 17.4 Å². The third kappa shape index (κ3) is 3.30. The van der Waals surface area contributed by atoms with Crippen LogP contribution in [-0.4, -0.2) is 11.0 Å². The van der Waals surface area contributed by atoms with Gasteiger partial charge in [0, 0.05) is 12.3 Å². The highest BCUT2D eigenvalue weighted by molar-refractivity contribution is 5.94. The molecule has 1 aromatic heterocycles. The number of hydrogen-bond acceptors (Lipinski definition) is 4. The fourth-order valence-corrected chi connectivity index (χ4v) is 1.89. The molecule has 4 heteroatoms. The van der Waals surface area contributed by atoms with Gasteiger partial charge in [-0.05, 0) is 30.3 Å². The molecule has 0 atom stereocenters. The maximum Gasteiger partial charge on any atom is 0.347 e. The number of hydrogen-bond donors (Lipinski definition) is 0. The van der Waals surface area contributed by atoms with E-state index in [0.29, 0.717) is 22.9 Å². The summed E-state index contributed by atoms with van der Waals surface area (Å²) in [4.78, 5) is 16.4. The minimum Gasteiger partial charge on any atom is -0.438 e. The predicted molar refractivity (Wildman–Crippen MR) is 82.2 cm³/mol. The van der Waals surface area contributed by atoms with Crippen molar-refractivity contribution in [1.29, 1.82) is 0 Å². The van der Waals surface area contributed by atoms with Crippen LogP contribution in [0.5, 0.6) is 17.4 Å². The standard InChI is InChI=1S/C18H13NO3/c20-18(21-14-8-2-1-3-9-14)15-10-4-5-11-16(15)22-17-12-6-7-13-19-17/h1-13H. The molecule has 0 N–H and O–H groups in total. The van der Waals surface area contributed by atoms with E-state index in [1.165, 1.54) is 0 Å². The normalized spacial score (nSPS) is 10.0. The molecule has 0 saturated heterocycles. The van der Waals surface area contributed by atoms with Crippen LogP contribution in [0.25, 0.3) is 0 Å². The summed E-state index contributed by atoms with van der Waals surface area (Å²) >= 11 is 0. The van der Waals surface area contributed by atoms with Gasteiger partial charge in [-0.2, -0.15) is 0 Å². The molecule has 0 aliphatic rings. The Hall–Kier alpha value is -3.14. The van der Waals surface area contributed by atoms with Crippen molar-refractivity contribution in [1.82, 2.24) is 4.98 Å². The summed E-state index contributed by atoms with van der Waals surface area (Å²) < 4.78 is 11.0. The van der Waals surface area contributed by atoms with Crippen molar-refractivity contribution in [3.63, 3.8) is 0 Å². The summed E-state index contributed by atoms with van der Waals surface area (Å²) in [7, 11) is 0. The van der Waals surface area contributed by atoms with Crippen LogP contribution >= 0.6 is 0 Å². The van der Waals surface area contributed by atoms with Gasteiger partial charge in [0.15, 0.2) is 0 Å². The van der Waals surface area contributed by atoms with E-state index in [1.54, 1.807) is 66.9 Å². The number of pyridine rings is 1. The molecule has 4 nitrogen and oxygen atoms in total. The largest absolute Gasteiger partial charge is 0.438 e. The number of esters is 1. The smallest absolute Gasteiger partial charge is 0.347 e. The van der Waals surface area contributed by atoms with Crippen LogP contribution in [0, 0.1) is 0 Å². The van der Waals surface area contributed by atoms with Gasteiger partial charge >= 0.3 is 5.97 Å². The summed E-state index contributed by atoms with van der Waals surface area (Å²) in [6.07, 6.45) is 1.63. The molecular weight excluding hydrogens is 278 g/mol. The Morgan fingerprint density at radius 2 is 1.55 bits per heavy atom. The van der Waals surface area contributed by atoms with Crippen molar-refractivity contribution < 1.29 is 14.3 Å². The quantitative estimate of drug-likeness (QED) is 0.536. The van der Waals surface area contributed by atoms with E-state index in [2.05, 4.69) is 4.98 Å². The number of carbonyl (C=O) groups is 1.